The van der Waals surface area contributed by atoms with Gasteiger partial charge in [-0.05, 0) is 24.1 Å². The second-order valence-electron chi connectivity index (χ2n) is 4.43. The van der Waals surface area contributed by atoms with Gasteiger partial charge in [0.2, 0.25) is 5.91 Å². The van der Waals surface area contributed by atoms with Crippen molar-refractivity contribution in [1.29, 1.82) is 0 Å². The molecule has 0 saturated carbocycles. The Morgan fingerprint density at radius 2 is 2.26 bits per heavy atom. The summed E-state index contributed by atoms with van der Waals surface area (Å²) in [6.45, 7) is 0.523. The second-order valence-corrected chi connectivity index (χ2v) is 4.43. The molecule has 0 saturated heterocycles. The molecule has 0 atom stereocenters. The van der Waals surface area contributed by atoms with Gasteiger partial charge in [-0.2, -0.15) is 5.10 Å². The predicted octanol–water partition coefficient (Wildman–Crippen LogP) is 0.884. The van der Waals surface area contributed by atoms with Crippen LogP contribution in [0.5, 0.6) is 0 Å². The van der Waals surface area contributed by atoms with Gasteiger partial charge in [-0.3, -0.25) is 9.89 Å². The number of amides is 1. The molecule has 1 aliphatic rings. The first-order valence-corrected chi connectivity index (χ1v) is 6.03. The van der Waals surface area contributed by atoms with Gasteiger partial charge in [0, 0.05) is 12.1 Å². The van der Waals surface area contributed by atoms with Crippen LogP contribution in [0.1, 0.15) is 17.8 Å². The van der Waals surface area contributed by atoms with E-state index in [1.807, 2.05) is 6.07 Å². The van der Waals surface area contributed by atoms with Gasteiger partial charge in [-0.25, -0.2) is 4.98 Å². The summed E-state index contributed by atoms with van der Waals surface area (Å²) < 4.78 is 0. The molecule has 5 N–H and O–H groups in total. The van der Waals surface area contributed by atoms with E-state index in [1.165, 1.54) is 6.33 Å². The number of nitrogens with zero attached hydrogens (tertiary/aromatic N) is 2. The average Bonchev–Trinajstić information content (AvgIpc) is 2.89. The molecule has 7 heteroatoms. The number of anilines is 3. The zero-order valence-corrected chi connectivity index (χ0v) is 10.2. The van der Waals surface area contributed by atoms with Crippen molar-refractivity contribution in [3.63, 3.8) is 0 Å². The number of nitrogen functional groups attached to an aromatic ring is 1. The number of fused-ring (bicyclic) bond motifs is 1. The van der Waals surface area contributed by atoms with E-state index >= 15 is 0 Å². The van der Waals surface area contributed by atoms with E-state index in [9.17, 15) is 4.79 Å². The van der Waals surface area contributed by atoms with Gasteiger partial charge in [-0.15, -0.1) is 0 Å². The average molecular weight is 258 g/mol. The molecule has 2 aromatic rings. The van der Waals surface area contributed by atoms with Gasteiger partial charge in [0.1, 0.15) is 12.2 Å². The molecule has 1 aromatic heterocycles. The number of carbonyl (C=O) groups excluding carboxylic acids is 1. The highest BCUT2D eigenvalue weighted by atomic mass is 16.1. The van der Waals surface area contributed by atoms with E-state index in [0.29, 0.717) is 18.7 Å². The first kappa shape index (κ1) is 11.5. The van der Waals surface area contributed by atoms with Gasteiger partial charge in [0.05, 0.1) is 17.9 Å². The van der Waals surface area contributed by atoms with Crippen LogP contribution in [-0.4, -0.2) is 21.1 Å². The van der Waals surface area contributed by atoms with Gasteiger partial charge in [-0.1, -0.05) is 0 Å². The van der Waals surface area contributed by atoms with Crippen molar-refractivity contribution in [2.75, 3.05) is 16.4 Å². The largest absolute Gasteiger partial charge is 0.397 e. The fourth-order valence-corrected chi connectivity index (χ4v) is 2.09. The Kier molecular flexibility index (Phi) is 2.79. The smallest absolute Gasteiger partial charge is 0.224 e. The van der Waals surface area contributed by atoms with Crippen LogP contribution in [0.15, 0.2) is 18.5 Å². The molecule has 7 nitrogen and oxygen atoms in total. The normalized spacial score (nSPS) is 13.8. The Bertz CT molecular complexity index is 607. The van der Waals surface area contributed by atoms with Crippen molar-refractivity contribution in [2.24, 2.45) is 0 Å². The van der Waals surface area contributed by atoms with Gasteiger partial charge >= 0.3 is 0 Å². The van der Waals surface area contributed by atoms with E-state index < -0.39 is 0 Å². The molecule has 1 aliphatic heterocycles. The predicted molar refractivity (Wildman–Crippen MR) is 71.5 cm³/mol. The quantitative estimate of drug-likeness (QED) is 0.611. The molecule has 1 aromatic carbocycles. The fourth-order valence-electron chi connectivity index (χ4n) is 2.09. The number of H-pyrrole nitrogens is 1. The standard InChI is InChI=1S/C12H14N6O/c13-8-4-9-7(1-2-12(19)17-9)3-10(8)14-5-11-15-6-16-18-11/h3-4,6,14H,1-2,5,13H2,(H,17,19)(H,15,16,18). The Morgan fingerprint density at radius 3 is 3.05 bits per heavy atom. The second kappa shape index (κ2) is 4.60. The maximum atomic E-state index is 11.3. The van der Waals surface area contributed by atoms with Crippen LogP contribution in [0.25, 0.3) is 0 Å². The van der Waals surface area contributed by atoms with Gasteiger partial charge in [0.25, 0.3) is 0 Å². The van der Waals surface area contributed by atoms with Crippen LogP contribution in [-0.2, 0) is 17.8 Å². The lowest BCUT2D eigenvalue weighted by molar-refractivity contribution is -0.116. The van der Waals surface area contributed by atoms with Crippen LogP contribution in [0, 0.1) is 0 Å². The highest BCUT2D eigenvalue weighted by molar-refractivity contribution is 5.95. The minimum Gasteiger partial charge on any atom is -0.397 e. The van der Waals surface area contributed by atoms with E-state index in [2.05, 4.69) is 25.8 Å². The Labute approximate surface area is 109 Å². The number of carbonyl (C=O) groups is 1. The molecule has 0 fully saturated rings. The maximum Gasteiger partial charge on any atom is 0.224 e. The topological polar surface area (TPSA) is 109 Å². The number of hydrogen-bond donors (Lipinski definition) is 4. The number of hydrogen-bond acceptors (Lipinski definition) is 5. The first-order valence-electron chi connectivity index (χ1n) is 6.03. The molecule has 0 aliphatic carbocycles. The number of rotatable bonds is 3. The first-order chi connectivity index (χ1) is 9.22. The third-order valence-corrected chi connectivity index (χ3v) is 3.08. The number of aromatic nitrogens is 3. The molecule has 3 rings (SSSR count). The lowest BCUT2D eigenvalue weighted by Crippen LogP contribution is -2.19. The Morgan fingerprint density at radius 1 is 1.37 bits per heavy atom. The minimum atomic E-state index is 0.0364. The van der Waals surface area contributed by atoms with E-state index in [1.54, 1.807) is 6.07 Å². The number of nitrogens with one attached hydrogen (secondary N) is 3. The van der Waals surface area contributed by atoms with Crippen molar-refractivity contribution >= 4 is 23.0 Å². The third kappa shape index (κ3) is 2.35. The van der Waals surface area contributed by atoms with Crippen molar-refractivity contribution in [2.45, 2.75) is 19.4 Å². The number of nitrogens with two attached hydrogens (primary N) is 1. The molecule has 0 radical (unpaired) electrons. The van der Waals surface area contributed by atoms with Crippen LogP contribution < -0.4 is 16.4 Å². The molecule has 19 heavy (non-hydrogen) atoms. The van der Waals surface area contributed by atoms with E-state index in [4.69, 9.17) is 5.73 Å². The number of aromatic amines is 1. The van der Waals surface area contributed by atoms with Crippen molar-refractivity contribution in [1.82, 2.24) is 15.2 Å². The monoisotopic (exact) mass is 258 g/mol. The summed E-state index contributed by atoms with van der Waals surface area (Å²) in [6.07, 6.45) is 2.71. The summed E-state index contributed by atoms with van der Waals surface area (Å²) in [5.74, 6) is 0.777. The highest BCUT2D eigenvalue weighted by Crippen LogP contribution is 2.31. The lowest BCUT2D eigenvalue weighted by atomic mass is 10.0. The van der Waals surface area contributed by atoms with Crippen molar-refractivity contribution in [3.05, 3.63) is 29.8 Å². The van der Waals surface area contributed by atoms with E-state index in [-0.39, 0.29) is 5.91 Å². The zero-order chi connectivity index (χ0) is 13.2. The Hall–Kier alpha value is -2.57. The summed E-state index contributed by atoms with van der Waals surface area (Å²) in [4.78, 5) is 15.3. The van der Waals surface area contributed by atoms with E-state index in [0.717, 1.165) is 29.2 Å². The van der Waals surface area contributed by atoms with Crippen LogP contribution >= 0.6 is 0 Å². The summed E-state index contributed by atoms with van der Waals surface area (Å²) in [5, 5.41) is 12.6. The van der Waals surface area contributed by atoms with Crippen LogP contribution in [0.3, 0.4) is 0 Å². The molecule has 0 unspecified atom stereocenters. The summed E-state index contributed by atoms with van der Waals surface area (Å²) in [7, 11) is 0. The molecule has 1 amide bonds. The maximum absolute atomic E-state index is 11.3. The van der Waals surface area contributed by atoms with Gasteiger partial charge < -0.3 is 16.4 Å². The molecule has 0 bridgehead atoms. The van der Waals surface area contributed by atoms with Crippen molar-refractivity contribution < 1.29 is 4.79 Å². The third-order valence-electron chi connectivity index (χ3n) is 3.08. The summed E-state index contributed by atoms with van der Waals surface area (Å²) >= 11 is 0. The fraction of sp³-hybridized carbons (Fsp3) is 0.250. The van der Waals surface area contributed by atoms with Crippen LogP contribution in [0.4, 0.5) is 17.1 Å². The molecule has 0 spiro atoms. The summed E-state index contributed by atoms with van der Waals surface area (Å²) in [6, 6.07) is 3.76. The molecular formula is C12H14N6O. The van der Waals surface area contributed by atoms with Gasteiger partial charge in [0.15, 0.2) is 0 Å². The lowest BCUT2D eigenvalue weighted by Gasteiger charge is -2.19. The number of aryl methyl sites for hydroxylation is 1. The molecular weight excluding hydrogens is 244 g/mol. The summed E-state index contributed by atoms with van der Waals surface area (Å²) in [5.41, 5.74) is 9.30. The minimum absolute atomic E-state index is 0.0364. The molecule has 2 heterocycles. The zero-order valence-electron chi connectivity index (χ0n) is 10.2. The Balaban J connectivity index is 1.80. The van der Waals surface area contributed by atoms with Crippen molar-refractivity contribution in [3.8, 4) is 0 Å². The molecule has 98 valence electrons. The van der Waals surface area contributed by atoms with Crippen LogP contribution in [0.2, 0.25) is 0 Å². The number of benzene rings is 1. The SMILES string of the molecule is Nc1cc2c(cc1NCc1ncn[nH]1)CCC(=O)N2. The highest BCUT2D eigenvalue weighted by Gasteiger charge is 2.16.